The van der Waals surface area contributed by atoms with Gasteiger partial charge in [0.1, 0.15) is 67.1 Å². The molecule has 0 aliphatic carbocycles. The Bertz CT molecular complexity index is 2240. The largest absolute Gasteiger partial charge is 0.477 e. The molecule has 0 aromatic carbocycles. The third-order valence-electron chi connectivity index (χ3n) is 22.2. The van der Waals surface area contributed by atoms with Gasteiger partial charge in [-0.2, -0.15) is 0 Å². The van der Waals surface area contributed by atoms with Crippen molar-refractivity contribution in [1.82, 2.24) is 10.6 Å². The van der Waals surface area contributed by atoms with Crippen molar-refractivity contribution in [2.75, 3.05) is 26.4 Å². The van der Waals surface area contributed by atoms with Crippen molar-refractivity contribution in [3.63, 3.8) is 0 Å². The number of carboxylic acid groups (broad SMARTS) is 1. The number of hydrogen-bond donors (Lipinski definition) is 14. The predicted octanol–water partition coefficient (Wildman–Crippen LogP) is 13.1. The molecule has 0 bridgehead atoms. The molecular weight excluding hydrogens is 1380 g/mol. The van der Waals surface area contributed by atoms with Crippen molar-refractivity contribution in [1.29, 1.82) is 0 Å². The van der Waals surface area contributed by atoms with E-state index < -0.39 is 148 Å². The van der Waals surface area contributed by atoms with E-state index in [-0.39, 0.29) is 18.9 Å². The van der Waals surface area contributed by atoms with Gasteiger partial charge in [-0.25, -0.2) is 4.79 Å². The smallest absolute Gasteiger partial charge is 0.364 e. The third kappa shape index (κ3) is 42.5. The second-order valence-corrected chi connectivity index (χ2v) is 31.8. The molecule has 0 saturated carbocycles. The number of aliphatic carboxylic acids is 1. The zero-order chi connectivity index (χ0) is 78.8. The van der Waals surface area contributed by atoms with E-state index in [1.54, 1.807) is 0 Å². The minimum atomic E-state index is -3.08. The zero-order valence-corrected chi connectivity index (χ0v) is 67.5. The maximum atomic E-state index is 13.6. The minimum absolute atomic E-state index is 0.226. The Morgan fingerprint density at radius 2 is 0.889 bits per heavy atom. The van der Waals surface area contributed by atoms with E-state index in [2.05, 4.69) is 48.8 Å². The van der Waals surface area contributed by atoms with E-state index >= 15 is 0 Å². The Labute approximate surface area is 651 Å². The van der Waals surface area contributed by atoms with Crippen LogP contribution in [0.5, 0.6) is 0 Å². The fraction of sp³-hybridized carbons (Fsp3) is 0.918. The Morgan fingerprint density at radius 3 is 1.30 bits per heavy atom. The zero-order valence-electron chi connectivity index (χ0n) is 67.5. The number of aliphatic hydroxyl groups excluding tert-OH is 11. The van der Waals surface area contributed by atoms with Crippen LogP contribution in [0.4, 0.5) is 0 Å². The van der Waals surface area contributed by atoms with Gasteiger partial charge in [0.15, 0.2) is 12.6 Å². The number of ether oxygens (including phenoxy) is 6. The molecule has 3 aliphatic rings. The van der Waals surface area contributed by atoms with Crippen LogP contribution >= 0.6 is 0 Å². The molecule has 18 unspecified atom stereocenters. The lowest BCUT2D eigenvalue weighted by molar-refractivity contribution is -0.386. The van der Waals surface area contributed by atoms with Crippen molar-refractivity contribution in [2.45, 2.75) is 471 Å². The number of allylic oxidation sites excluding steroid dienone is 4. The number of carbonyl (C=O) groups excluding carboxylic acids is 2. The Morgan fingerprint density at radius 1 is 0.481 bits per heavy atom. The molecule has 3 aliphatic heterocycles. The first kappa shape index (κ1) is 99.4. The van der Waals surface area contributed by atoms with Crippen molar-refractivity contribution in [3.05, 3.63) is 24.3 Å². The molecule has 3 rings (SSSR count). The van der Waals surface area contributed by atoms with Gasteiger partial charge in [-0.15, -0.1) is 0 Å². The topological polar surface area (TPSA) is 373 Å². The molecule has 0 radical (unpaired) electrons. The lowest BCUT2D eigenvalue weighted by Gasteiger charge is -2.50. The molecule has 14 N–H and O–H groups in total. The summed E-state index contributed by atoms with van der Waals surface area (Å²) in [6.45, 7) is 2.27. The van der Waals surface area contributed by atoms with Crippen LogP contribution in [0, 0.1) is 0 Å². The molecule has 23 heteroatoms. The van der Waals surface area contributed by atoms with Gasteiger partial charge in [0.05, 0.1) is 50.7 Å². The number of aliphatic hydroxyl groups is 11. The summed E-state index contributed by atoms with van der Waals surface area (Å²) in [5, 5.41) is 137. The van der Waals surface area contributed by atoms with Crippen molar-refractivity contribution in [3.8, 4) is 0 Å². The Balaban J connectivity index is 1.45. The SMILES string of the molecule is CCCCCCCCCCC/C=C\C/C=C\CCCCCCCCCCCCCCCCCCCC(=O)NC(COC1OC(CO)C(OC2OC(CO)C(O)C(OC3(C(=O)O)CC(O)C(NC(C)=O)C(C(O)C(O)CO)O3)C2O)C(O)C1O)C(O)CCCCCCCCCCCCCCCCCCCCCCC. The summed E-state index contributed by atoms with van der Waals surface area (Å²) < 4.78 is 35.0. The molecule has 3 saturated heterocycles. The number of carboxylic acids is 1. The highest BCUT2D eigenvalue weighted by atomic mass is 16.8. The van der Waals surface area contributed by atoms with Crippen LogP contribution in [0.1, 0.15) is 361 Å². The van der Waals surface area contributed by atoms with E-state index in [4.69, 9.17) is 28.4 Å². The van der Waals surface area contributed by atoms with E-state index in [0.29, 0.717) is 19.3 Å². The van der Waals surface area contributed by atoms with Gasteiger partial charge in [-0.05, 0) is 44.9 Å². The van der Waals surface area contributed by atoms with Gasteiger partial charge in [0, 0.05) is 19.8 Å². The quantitative estimate of drug-likeness (QED) is 0.0199. The summed E-state index contributed by atoms with van der Waals surface area (Å²) in [5.41, 5.74) is 0. The maximum Gasteiger partial charge on any atom is 0.364 e. The van der Waals surface area contributed by atoms with E-state index in [1.165, 1.54) is 250 Å². The van der Waals surface area contributed by atoms with E-state index in [0.717, 1.165) is 64.7 Å². The number of nitrogens with one attached hydrogen (secondary N) is 2. The number of amides is 2. The van der Waals surface area contributed by atoms with Crippen LogP contribution in [0.3, 0.4) is 0 Å². The van der Waals surface area contributed by atoms with Gasteiger partial charge in [-0.1, -0.05) is 321 Å². The maximum absolute atomic E-state index is 13.6. The minimum Gasteiger partial charge on any atom is -0.477 e. The number of hydrogen-bond acceptors (Lipinski definition) is 20. The molecule has 108 heavy (non-hydrogen) atoms. The van der Waals surface area contributed by atoms with Crippen molar-refractivity contribution >= 4 is 17.8 Å². The van der Waals surface area contributed by atoms with Crippen LogP contribution in [0.15, 0.2) is 24.3 Å². The highest BCUT2D eigenvalue weighted by Crippen LogP contribution is 2.39. The van der Waals surface area contributed by atoms with Gasteiger partial charge in [0.25, 0.3) is 5.79 Å². The van der Waals surface area contributed by atoms with Gasteiger partial charge in [-0.3, -0.25) is 9.59 Å². The molecule has 0 spiro atoms. The van der Waals surface area contributed by atoms with Gasteiger partial charge < -0.3 is 100 Å². The van der Waals surface area contributed by atoms with Crippen LogP contribution in [-0.2, 0) is 42.8 Å². The van der Waals surface area contributed by atoms with Crippen LogP contribution < -0.4 is 10.6 Å². The Hall–Kier alpha value is -2.79. The fourth-order valence-electron chi connectivity index (χ4n) is 15.3. The highest BCUT2D eigenvalue weighted by molar-refractivity contribution is 5.77. The second-order valence-electron chi connectivity index (χ2n) is 31.8. The van der Waals surface area contributed by atoms with E-state index in [9.17, 15) is 75.7 Å². The fourth-order valence-corrected chi connectivity index (χ4v) is 15.3. The molecule has 634 valence electrons. The van der Waals surface area contributed by atoms with Crippen molar-refractivity contribution in [2.24, 2.45) is 0 Å². The molecule has 0 aromatic heterocycles. The first-order valence-electron chi connectivity index (χ1n) is 43.7. The summed E-state index contributed by atoms with van der Waals surface area (Å²) in [5.74, 6) is -6.09. The molecule has 3 fully saturated rings. The lowest BCUT2D eigenvalue weighted by Crippen LogP contribution is -2.70. The van der Waals surface area contributed by atoms with Crippen LogP contribution in [-0.4, -0.2) is 215 Å². The molecular formula is C85H158N2O21. The predicted molar refractivity (Wildman–Crippen MR) is 421 cm³/mol. The summed E-state index contributed by atoms with van der Waals surface area (Å²) in [7, 11) is 0. The highest BCUT2D eigenvalue weighted by Gasteiger charge is 2.60. The molecule has 2 amide bonds. The monoisotopic (exact) mass is 1540 g/mol. The summed E-state index contributed by atoms with van der Waals surface area (Å²) >= 11 is 0. The lowest BCUT2D eigenvalue weighted by atomic mass is 9.88. The third-order valence-corrected chi connectivity index (χ3v) is 22.2. The van der Waals surface area contributed by atoms with Crippen molar-refractivity contribution < 1.29 is 104 Å². The second kappa shape index (κ2) is 63.5. The Kier molecular flexibility index (Phi) is 58.5. The first-order valence-corrected chi connectivity index (χ1v) is 43.7. The molecule has 0 aromatic rings. The molecule has 3 heterocycles. The van der Waals surface area contributed by atoms with Crippen LogP contribution in [0.2, 0.25) is 0 Å². The summed E-state index contributed by atoms with van der Waals surface area (Å²) in [4.78, 5) is 38.8. The molecule has 18 atom stereocenters. The normalized spacial score (nSPS) is 25.9. The van der Waals surface area contributed by atoms with E-state index in [1.807, 2.05) is 0 Å². The standard InChI is InChI=1S/C85H158N2O21/c1-4-6-8-10-12-14-16-18-20-22-24-26-27-28-29-30-31-32-33-34-35-36-37-39-41-43-45-47-49-51-53-55-57-59-72(95)87-66(67(92)58-56-54-52-50-48-46-44-42-40-38-25-23-21-19-17-15-13-11-9-7-5-2)64-103-82-77(99)76(98)79(71(63-90)105-82)106-83-78(100)81(75(97)70(62-89)104-83)108-85(84(101)102)60-68(93)73(86-65(3)91)80(107-85)74(96)69(94)61-88/h24,26,28-29,66-71,73-83,88-90,92-94,96-100H,4-23,25,27,30-64H2,1-3H3,(H,86,91)(H,87,95)(H,101,102)/b26-24-,29-28-. The van der Waals surface area contributed by atoms with Gasteiger partial charge in [0.2, 0.25) is 11.8 Å². The van der Waals surface area contributed by atoms with Crippen LogP contribution in [0.25, 0.3) is 0 Å². The van der Waals surface area contributed by atoms with Gasteiger partial charge >= 0.3 is 5.97 Å². The summed E-state index contributed by atoms with van der Waals surface area (Å²) in [6.07, 6.45) is 43.2. The number of unbranched alkanes of at least 4 members (excludes halogenated alkanes) is 46. The number of rotatable bonds is 70. The number of carbonyl (C=O) groups is 3. The summed E-state index contributed by atoms with van der Waals surface area (Å²) in [6, 6.07) is -2.53. The molecule has 23 nitrogen and oxygen atoms in total. The average Bonchev–Trinajstić information content (AvgIpc) is 0.754. The first-order chi connectivity index (χ1) is 52.4. The average molecular weight is 1540 g/mol.